The first-order valence-corrected chi connectivity index (χ1v) is 3.98. The summed E-state index contributed by atoms with van der Waals surface area (Å²) in [6, 6.07) is 5.59. The van der Waals surface area contributed by atoms with Gasteiger partial charge in [-0.1, -0.05) is 40.2 Å². The van der Waals surface area contributed by atoms with Crippen LogP contribution in [-0.2, 0) is 0 Å². The van der Waals surface area contributed by atoms with Gasteiger partial charge < -0.3 is 0 Å². The molecule has 0 nitrogen and oxygen atoms in total. The third-order valence-electron chi connectivity index (χ3n) is 1.18. The van der Waals surface area contributed by atoms with Gasteiger partial charge in [0.05, 0.1) is 0 Å². The van der Waals surface area contributed by atoms with Crippen LogP contribution >= 0.6 is 27.5 Å². The van der Waals surface area contributed by atoms with Gasteiger partial charge in [-0.05, 0) is 23.8 Å². The van der Waals surface area contributed by atoms with Crippen LogP contribution in [0.4, 0.5) is 0 Å². The Bertz CT molecular complexity index is 255. The maximum atomic E-state index is 5.73. The fourth-order valence-corrected chi connectivity index (χ4v) is 1.26. The Morgan fingerprint density at radius 3 is 2.70 bits per heavy atom. The maximum Gasteiger partial charge on any atom is 0.0412 e. The first-order valence-electron chi connectivity index (χ1n) is 2.81. The predicted molar refractivity (Wildman–Crippen MR) is 49.2 cm³/mol. The summed E-state index contributed by atoms with van der Waals surface area (Å²) in [5.74, 6) is 0. The predicted octanol–water partition coefficient (Wildman–Crippen LogP) is 3.75. The van der Waals surface area contributed by atoms with Gasteiger partial charge in [-0.25, -0.2) is 0 Å². The van der Waals surface area contributed by atoms with Crippen molar-refractivity contribution >= 4 is 33.6 Å². The highest BCUT2D eigenvalue weighted by Gasteiger charge is 1.94. The summed E-state index contributed by atoms with van der Waals surface area (Å²) in [7, 11) is 0. The zero-order chi connectivity index (χ0) is 7.56. The summed E-state index contributed by atoms with van der Waals surface area (Å²) in [6.45, 7) is 3.64. The van der Waals surface area contributed by atoms with Gasteiger partial charge in [-0.3, -0.25) is 0 Å². The highest BCUT2D eigenvalue weighted by molar-refractivity contribution is 9.10. The molecule has 0 aliphatic heterocycles. The van der Waals surface area contributed by atoms with Crippen molar-refractivity contribution in [2.45, 2.75) is 0 Å². The zero-order valence-corrected chi connectivity index (χ0v) is 7.61. The van der Waals surface area contributed by atoms with E-state index in [1.165, 1.54) is 0 Å². The Morgan fingerprint density at radius 1 is 1.50 bits per heavy atom. The lowest BCUT2D eigenvalue weighted by molar-refractivity contribution is 1.60. The normalized spacial score (nSPS) is 9.40. The quantitative estimate of drug-likeness (QED) is 0.672. The van der Waals surface area contributed by atoms with Crippen LogP contribution in [0.25, 0.3) is 6.08 Å². The molecule has 52 valence electrons. The molecule has 1 aromatic carbocycles. The molecule has 10 heavy (non-hydrogen) atoms. The molecular weight excluding hydrogens is 211 g/mol. The first kappa shape index (κ1) is 7.83. The lowest BCUT2D eigenvalue weighted by Gasteiger charge is -1.96. The van der Waals surface area contributed by atoms with Crippen LogP contribution in [0, 0.1) is 0 Å². The smallest absolute Gasteiger partial charge is 0.0412 e. The van der Waals surface area contributed by atoms with Crippen LogP contribution < -0.4 is 0 Å². The number of hydrogen-bond acceptors (Lipinski definition) is 0. The van der Waals surface area contributed by atoms with Gasteiger partial charge >= 0.3 is 0 Å². The van der Waals surface area contributed by atoms with Crippen molar-refractivity contribution in [3.8, 4) is 0 Å². The van der Waals surface area contributed by atoms with Crippen molar-refractivity contribution in [1.29, 1.82) is 0 Å². The third-order valence-corrected chi connectivity index (χ3v) is 2.14. The highest BCUT2D eigenvalue weighted by atomic mass is 79.9. The Kier molecular flexibility index (Phi) is 2.52. The molecule has 0 aliphatic carbocycles. The second-order valence-electron chi connectivity index (χ2n) is 1.87. The molecule has 0 spiro atoms. The van der Waals surface area contributed by atoms with Gasteiger partial charge in [0, 0.05) is 9.50 Å². The maximum absolute atomic E-state index is 5.73. The van der Waals surface area contributed by atoms with Crippen LogP contribution in [0.1, 0.15) is 5.56 Å². The molecule has 0 bridgehead atoms. The Morgan fingerprint density at radius 2 is 2.20 bits per heavy atom. The zero-order valence-electron chi connectivity index (χ0n) is 5.27. The van der Waals surface area contributed by atoms with E-state index in [2.05, 4.69) is 22.5 Å². The van der Waals surface area contributed by atoms with Crippen molar-refractivity contribution in [3.05, 3.63) is 39.8 Å². The SMILES string of the molecule is C=Cc1cc(Cl)ccc1Br. The van der Waals surface area contributed by atoms with E-state index in [0.717, 1.165) is 15.1 Å². The summed E-state index contributed by atoms with van der Waals surface area (Å²) in [5.41, 5.74) is 1.02. The fraction of sp³-hybridized carbons (Fsp3) is 0. The molecule has 0 radical (unpaired) electrons. The van der Waals surface area contributed by atoms with E-state index in [9.17, 15) is 0 Å². The van der Waals surface area contributed by atoms with Crippen molar-refractivity contribution in [1.82, 2.24) is 0 Å². The molecule has 2 heteroatoms. The highest BCUT2D eigenvalue weighted by Crippen LogP contribution is 2.21. The standard InChI is InChI=1S/C8H6BrCl/c1-2-6-5-7(10)3-4-8(6)9/h2-5H,1H2. The van der Waals surface area contributed by atoms with Gasteiger partial charge in [0.15, 0.2) is 0 Å². The van der Waals surface area contributed by atoms with E-state index in [1.807, 2.05) is 18.2 Å². The average molecular weight is 217 g/mol. The second kappa shape index (κ2) is 3.22. The van der Waals surface area contributed by atoms with Crippen LogP contribution in [-0.4, -0.2) is 0 Å². The molecule has 0 unspecified atom stereocenters. The fourth-order valence-electron chi connectivity index (χ4n) is 0.671. The van der Waals surface area contributed by atoms with Crippen LogP contribution in [0.2, 0.25) is 5.02 Å². The summed E-state index contributed by atoms with van der Waals surface area (Å²) in [6.07, 6.45) is 1.76. The van der Waals surface area contributed by atoms with Crippen LogP contribution in [0.5, 0.6) is 0 Å². The van der Waals surface area contributed by atoms with Gasteiger partial charge in [0.25, 0.3) is 0 Å². The monoisotopic (exact) mass is 216 g/mol. The number of halogens is 2. The average Bonchev–Trinajstić information content (AvgIpc) is 1.94. The lowest BCUT2D eigenvalue weighted by atomic mass is 10.2. The molecule has 0 saturated heterocycles. The molecule has 1 aromatic rings. The first-order chi connectivity index (χ1) is 4.74. The third kappa shape index (κ3) is 1.61. The van der Waals surface area contributed by atoms with E-state index in [0.29, 0.717) is 0 Å². The van der Waals surface area contributed by atoms with E-state index in [-0.39, 0.29) is 0 Å². The van der Waals surface area contributed by atoms with E-state index < -0.39 is 0 Å². The topological polar surface area (TPSA) is 0 Å². The summed E-state index contributed by atoms with van der Waals surface area (Å²) in [4.78, 5) is 0. The van der Waals surface area contributed by atoms with Gasteiger partial charge in [0.1, 0.15) is 0 Å². The number of benzene rings is 1. The minimum absolute atomic E-state index is 0.734. The molecule has 0 amide bonds. The number of hydrogen-bond donors (Lipinski definition) is 0. The van der Waals surface area contributed by atoms with Crippen molar-refractivity contribution in [3.63, 3.8) is 0 Å². The van der Waals surface area contributed by atoms with Crippen molar-refractivity contribution in [2.24, 2.45) is 0 Å². The van der Waals surface area contributed by atoms with E-state index >= 15 is 0 Å². The molecule has 0 aliphatic rings. The van der Waals surface area contributed by atoms with E-state index in [1.54, 1.807) is 6.08 Å². The molecule has 0 aromatic heterocycles. The molecule has 0 heterocycles. The number of rotatable bonds is 1. The molecule has 0 fully saturated rings. The van der Waals surface area contributed by atoms with Crippen LogP contribution in [0.3, 0.4) is 0 Å². The summed E-state index contributed by atoms with van der Waals surface area (Å²) < 4.78 is 1.02. The van der Waals surface area contributed by atoms with E-state index in [4.69, 9.17) is 11.6 Å². The minimum atomic E-state index is 0.734. The van der Waals surface area contributed by atoms with Crippen molar-refractivity contribution in [2.75, 3.05) is 0 Å². The molecule has 0 atom stereocenters. The summed E-state index contributed by atoms with van der Waals surface area (Å²) in [5, 5.41) is 0.734. The Hall–Kier alpha value is -0.270. The molecule has 1 rings (SSSR count). The van der Waals surface area contributed by atoms with Gasteiger partial charge in [-0.15, -0.1) is 0 Å². The molecule has 0 saturated carbocycles. The van der Waals surface area contributed by atoms with Crippen LogP contribution in [0.15, 0.2) is 29.3 Å². The minimum Gasteiger partial charge on any atom is -0.0984 e. The lowest BCUT2D eigenvalue weighted by Crippen LogP contribution is -1.73. The summed E-state index contributed by atoms with van der Waals surface area (Å²) >= 11 is 9.09. The second-order valence-corrected chi connectivity index (χ2v) is 3.16. The molecular formula is C8H6BrCl. The van der Waals surface area contributed by atoms with Gasteiger partial charge in [-0.2, -0.15) is 0 Å². The Labute approximate surface area is 73.6 Å². The van der Waals surface area contributed by atoms with Crippen molar-refractivity contribution < 1.29 is 0 Å². The van der Waals surface area contributed by atoms with Gasteiger partial charge in [0.2, 0.25) is 0 Å². The largest absolute Gasteiger partial charge is 0.0984 e. The Balaban J connectivity index is 3.21. The molecule has 0 N–H and O–H groups in total.